The van der Waals surface area contributed by atoms with Crippen LogP contribution >= 0.6 is 0 Å². The summed E-state index contributed by atoms with van der Waals surface area (Å²) in [4.78, 5) is 2.43. The van der Waals surface area contributed by atoms with Gasteiger partial charge in [-0.3, -0.25) is 0 Å². The van der Waals surface area contributed by atoms with Gasteiger partial charge >= 0.3 is 0 Å². The van der Waals surface area contributed by atoms with Crippen molar-refractivity contribution in [1.82, 2.24) is 0 Å². The molecule has 1 heterocycles. The van der Waals surface area contributed by atoms with Crippen molar-refractivity contribution >= 4 is 5.69 Å². The largest absolute Gasteiger partial charge is 0.324 e. The highest BCUT2D eigenvalue weighted by molar-refractivity contribution is 5.68. The average molecular weight is 276 g/mol. The van der Waals surface area contributed by atoms with Crippen molar-refractivity contribution in [3.05, 3.63) is 77.7 Å². The maximum atomic E-state index is 6.39. The molecule has 2 N–H and O–H groups in total. The van der Waals surface area contributed by atoms with Gasteiger partial charge in [0.05, 0.1) is 0 Å². The van der Waals surface area contributed by atoms with E-state index in [4.69, 9.17) is 5.73 Å². The van der Waals surface area contributed by atoms with E-state index >= 15 is 0 Å². The summed E-state index contributed by atoms with van der Waals surface area (Å²) >= 11 is 0. The van der Waals surface area contributed by atoms with Crippen LogP contribution in [-0.2, 0) is 0 Å². The van der Waals surface area contributed by atoms with Crippen molar-refractivity contribution in [3.8, 4) is 0 Å². The molecule has 0 saturated heterocycles. The van der Waals surface area contributed by atoms with Crippen LogP contribution in [0.5, 0.6) is 0 Å². The topological polar surface area (TPSA) is 29.3 Å². The zero-order chi connectivity index (χ0) is 14.4. The second kappa shape index (κ2) is 4.74. The SMILES string of the molecule is CC1CC=CC2=C1N(c1ccccc1)C1=CC=CC(N)C12. The molecule has 2 heteroatoms. The number of allylic oxidation sites excluding steroid dienone is 5. The van der Waals surface area contributed by atoms with Crippen LogP contribution in [0.4, 0.5) is 5.69 Å². The predicted octanol–water partition coefficient (Wildman–Crippen LogP) is 3.75. The van der Waals surface area contributed by atoms with Gasteiger partial charge in [-0.2, -0.15) is 0 Å². The molecule has 3 unspecified atom stereocenters. The van der Waals surface area contributed by atoms with Crippen LogP contribution in [-0.4, -0.2) is 6.04 Å². The van der Waals surface area contributed by atoms with Crippen LogP contribution < -0.4 is 10.6 Å². The Kier molecular flexibility index (Phi) is 2.86. The van der Waals surface area contributed by atoms with E-state index in [9.17, 15) is 0 Å². The minimum Gasteiger partial charge on any atom is -0.324 e. The molecule has 106 valence electrons. The summed E-state index contributed by atoms with van der Waals surface area (Å²) in [6.45, 7) is 2.31. The van der Waals surface area contributed by atoms with Crippen LogP contribution in [0.2, 0.25) is 0 Å². The van der Waals surface area contributed by atoms with Crippen molar-refractivity contribution in [2.45, 2.75) is 19.4 Å². The van der Waals surface area contributed by atoms with Crippen LogP contribution in [0, 0.1) is 11.8 Å². The Morgan fingerprint density at radius 3 is 2.81 bits per heavy atom. The Morgan fingerprint density at radius 1 is 1.19 bits per heavy atom. The molecule has 0 bridgehead atoms. The van der Waals surface area contributed by atoms with E-state index in [0.717, 1.165) is 6.42 Å². The highest BCUT2D eigenvalue weighted by atomic mass is 15.2. The second-order valence-corrected chi connectivity index (χ2v) is 6.08. The molecule has 0 amide bonds. The Labute approximate surface area is 125 Å². The van der Waals surface area contributed by atoms with Gasteiger partial charge in [-0.1, -0.05) is 49.4 Å². The quantitative estimate of drug-likeness (QED) is 0.846. The lowest BCUT2D eigenvalue weighted by atomic mass is 9.84. The number of fused-ring (bicyclic) bond motifs is 2. The van der Waals surface area contributed by atoms with Crippen LogP contribution in [0.25, 0.3) is 0 Å². The molecule has 21 heavy (non-hydrogen) atoms. The van der Waals surface area contributed by atoms with Crippen molar-refractivity contribution in [1.29, 1.82) is 0 Å². The molecule has 0 aromatic heterocycles. The zero-order valence-corrected chi connectivity index (χ0v) is 12.2. The molecule has 0 spiro atoms. The van der Waals surface area contributed by atoms with Gasteiger partial charge in [-0.25, -0.2) is 0 Å². The first-order chi connectivity index (χ1) is 10.3. The van der Waals surface area contributed by atoms with Crippen molar-refractivity contribution in [3.63, 3.8) is 0 Å². The summed E-state index contributed by atoms with van der Waals surface area (Å²) in [6.07, 6.45) is 12.1. The molecule has 3 atom stereocenters. The third-order valence-electron chi connectivity index (χ3n) is 4.70. The molecule has 1 aliphatic heterocycles. The molecule has 0 saturated carbocycles. The van der Waals surface area contributed by atoms with Crippen LogP contribution in [0.3, 0.4) is 0 Å². The molecule has 3 aliphatic rings. The van der Waals surface area contributed by atoms with Gasteiger partial charge < -0.3 is 10.6 Å². The van der Waals surface area contributed by atoms with E-state index < -0.39 is 0 Å². The van der Waals surface area contributed by atoms with Gasteiger partial charge in [-0.15, -0.1) is 0 Å². The molecule has 1 aromatic carbocycles. The van der Waals surface area contributed by atoms with Crippen molar-refractivity contribution < 1.29 is 0 Å². The standard InChI is InChI=1S/C19H20N2/c1-13-7-5-10-15-18-16(20)11-6-12-17(18)21(19(13)15)14-8-3-2-4-9-14/h2-6,8-13,16,18H,7,20H2,1H3. The first-order valence-electron chi connectivity index (χ1n) is 7.67. The lowest BCUT2D eigenvalue weighted by Gasteiger charge is -2.30. The van der Waals surface area contributed by atoms with Crippen LogP contribution in [0.15, 0.2) is 77.7 Å². The lowest BCUT2D eigenvalue weighted by molar-refractivity contribution is 0.633. The Balaban J connectivity index is 1.91. The zero-order valence-electron chi connectivity index (χ0n) is 12.2. The van der Waals surface area contributed by atoms with E-state index in [1.165, 1.54) is 22.7 Å². The minimum atomic E-state index is 0.0682. The second-order valence-electron chi connectivity index (χ2n) is 6.08. The van der Waals surface area contributed by atoms with Gasteiger partial charge in [0, 0.05) is 35.0 Å². The molecule has 2 nitrogen and oxygen atoms in total. The first kappa shape index (κ1) is 12.7. The Hall–Kier alpha value is -2.06. The Bertz CT molecular complexity index is 679. The summed E-state index contributed by atoms with van der Waals surface area (Å²) < 4.78 is 0. The number of hydrogen-bond acceptors (Lipinski definition) is 2. The van der Waals surface area contributed by atoms with Gasteiger partial charge in [0.25, 0.3) is 0 Å². The summed E-state index contributed by atoms with van der Waals surface area (Å²) in [5.74, 6) is 0.827. The van der Waals surface area contributed by atoms with E-state index in [-0.39, 0.29) is 6.04 Å². The number of nitrogens with zero attached hydrogens (tertiary/aromatic N) is 1. The average Bonchev–Trinajstić information content (AvgIpc) is 2.85. The van der Waals surface area contributed by atoms with Gasteiger partial charge in [0.2, 0.25) is 0 Å². The number of para-hydroxylation sites is 1. The molecular weight excluding hydrogens is 256 g/mol. The monoisotopic (exact) mass is 276 g/mol. The van der Waals surface area contributed by atoms with E-state index in [1.807, 2.05) is 0 Å². The minimum absolute atomic E-state index is 0.0682. The maximum absolute atomic E-state index is 6.39. The number of anilines is 1. The highest BCUT2D eigenvalue weighted by Crippen LogP contribution is 2.48. The smallest absolute Gasteiger partial charge is 0.0455 e. The molecule has 1 aromatic rings. The summed E-state index contributed by atoms with van der Waals surface area (Å²) in [5.41, 5.74) is 11.8. The van der Waals surface area contributed by atoms with Crippen LogP contribution in [0.1, 0.15) is 13.3 Å². The fraction of sp³-hybridized carbons (Fsp3) is 0.263. The predicted molar refractivity (Wildman–Crippen MR) is 87.6 cm³/mol. The summed E-state index contributed by atoms with van der Waals surface area (Å²) in [6, 6.07) is 10.7. The lowest BCUT2D eigenvalue weighted by Crippen LogP contribution is -2.33. The van der Waals surface area contributed by atoms with E-state index in [0.29, 0.717) is 11.8 Å². The maximum Gasteiger partial charge on any atom is 0.0455 e. The number of rotatable bonds is 1. The molecule has 4 rings (SSSR count). The van der Waals surface area contributed by atoms with Gasteiger partial charge in [0.15, 0.2) is 0 Å². The third kappa shape index (κ3) is 1.83. The van der Waals surface area contributed by atoms with Crippen molar-refractivity contribution in [2.75, 3.05) is 4.90 Å². The Morgan fingerprint density at radius 2 is 2.00 bits per heavy atom. The molecule has 2 aliphatic carbocycles. The van der Waals surface area contributed by atoms with Gasteiger partial charge in [-0.05, 0) is 30.2 Å². The summed E-state index contributed by atoms with van der Waals surface area (Å²) in [5, 5.41) is 0. The fourth-order valence-electron chi connectivity index (χ4n) is 3.77. The van der Waals surface area contributed by atoms with Gasteiger partial charge in [0.1, 0.15) is 0 Å². The third-order valence-corrected chi connectivity index (χ3v) is 4.70. The fourth-order valence-corrected chi connectivity index (χ4v) is 3.77. The number of benzene rings is 1. The number of hydrogen-bond donors (Lipinski definition) is 1. The highest BCUT2D eigenvalue weighted by Gasteiger charge is 2.41. The first-order valence-corrected chi connectivity index (χ1v) is 7.67. The van der Waals surface area contributed by atoms with E-state index in [2.05, 4.69) is 72.5 Å². The van der Waals surface area contributed by atoms with E-state index in [1.54, 1.807) is 0 Å². The molecular formula is C19H20N2. The normalized spacial score (nSPS) is 30.3. The molecule has 0 radical (unpaired) electrons. The molecule has 0 fully saturated rings. The number of nitrogens with two attached hydrogens (primary N) is 1. The summed E-state index contributed by atoms with van der Waals surface area (Å²) in [7, 11) is 0. The van der Waals surface area contributed by atoms with Crippen molar-refractivity contribution in [2.24, 2.45) is 17.6 Å².